The molecule has 1 aliphatic heterocycles. The van der Waals surface area contributed by atoms with Crippen LogP contribution in [0.15, 0.2) is 0 Å². The topological polar surface area (TPSA) is 38.3 Å². The first-order valence-electron chi connectivity index (χ1n) is 4.04. The van der Waals surface area contributed by atoms with Crippen molar-refractivity contribution in [3.8, 4) is 0 Å². The molecular weight excluding hydrogens is 142 g/mol. The Kier molecular flexibility index (Phi) is 1.42. The summed E-state index contributed by atoms with van der Waals surface area (Å²) < 4.78 is 5.17. The molecule has 2 aliphatic rings. The number of carbonyl (C=O) groups is 1. The summed E-state index contributed by atoms with van der Waals surface area (Å²) in [7, 11) is 1.74. The summed E-state index contributed by atoms with van der Waals surface area (Å²) in [5.41, 5.74) is 0.276. The van der Waals surface area contributed by atoms with Gasteiger partial charge >= 0.3 is 0 Å². The van der Waals surface area contributed by atoms with E-state index in [1.807, 2.05) is 0 Å². The zero-order chi connectivity index (χ0) is 7.90. The number of carbonyl (C=O) groups excluding carboxylic acids is 1. The first-order valence-corrected chi connectivity index (χ1v) is 4.04. The van der Waals surface area contributed by atoms with E-state index in [-0.39, 0.29) is 11.3 Å². The summed E-state index contributed by atoms with van der Waals surface area (Å²) in [5.74, 6) is 0.208. The molecule has 3 nitrogen and oxygen atoms in total. The van der Waals surface area contributed by atoms with E-state index in [4.69, 9.17) is 4.74 Å². The third-order valence-corrected chi connectivity index (χ3v) is 2.85. The third-order valence-electron chi connectivity index (χ3n) is 2.85. The van der Waals surface area contributed by atoms with Gasteiger partial charge in [0.1, 0.15) is 0 Å². The Labute approximate surface area is 66.1 Å². The van der Waals surface area contributed by atoms with Crippen LogP contribution in [0.2, 0.25) is 0 Å². The lowest BCUT2D eigenvalue weighted by Gasteiger charge is -2.42. The van der Waals surface area contributed by atoms with Crippen LogP contribution < -0.4 is 5.32 Å². The molecule has 0 radical (unpaired) electrons. The quantitative estimate of drug-likeness (QED) is 0.591. The molecule has 3 heteroatoms. The predicted octanol–water partition coefficient (Wildman–Crippen LogP) is 0.301. The smallest absolute Gasteiger partial charge is 0.220 e. The summed E-state index contributed by atoms with van der Waals surface area (Å²) in [6, 6.07) is 0. The molecule has 62 valence electrons. The molecule has 2 rings (SSSR count). The number of rotatable bonds is 1. The highest BCUT2D eigenvalue weighted by atomic mass is 16.5. The molecule has 1 heterocycles. The Morgan fingerprint density at radius 1 is 1.64 bits per heavy atom. The van der Waals surface area contributed by atoms with Gasteiger partial charge in [-0.05, 0) is 12.8 Å². The van der Waals surface area contributed by atoms with Gasteiger partial charge < -0.3 is 10.1 Å². The van der Waals surface area contributed by atoms with Crippen molar-refractivity contribution in [3.05, 3.63) is 0 Å². The molecule has 1 aliphatic carbocycles. The zero-order valence-corrected chi connectivity index (χ0v) is 6.72. The van der Waals surface area contributed by atoms with Gasteiger partial charge in [0.25, 0.3) is 0 Å². The Morgan fingerprint density at radius 2 is 2.36 bits per heavy atom. The Bertz CT molecular complexity index is 185. The van der Waals surface area contributed by atoms with Crippen molar-refractivity contribution < 1.29 is 9.53 Å². The third kappa shape index (κ3) is 1.03. The molecule has 1 spiro atoms. The van der Waals surface area contributed by atoms with Crippen LogP contribution in [0, 0.1) is 5.41 Å². The first-order chi connectivity index (χ1) is 5.24. The van der Waals surface area contributed by atoms with Crippen LogP contribution >= 0.6 is 0 Å². The maximum atomic E-state index is 10.9. The van der Waals surface area contributed by atoms with E-state index in [0.717, 1.165) is 19.4 Å². The lowest BCUT2D eigenvalue weighted by Crippen LogP contribution is -2.43. The molecule has 0 atom stereocenters. The fourth-order valence-electron chi connectivity index (χ4n) is 2.11. The fourth-order valence-corrected chi connectivity index (χ4v) is 2.11. The van der Waals surface area contributed by atoms with E-state index in [0.29, 0.717) is 12.5 Å². The Balaban J connectivity index is 1.92. The van der Waals surface area contributed by atoms with Crippen molar-refractivity contribution in [2.45, 2.75) is 25.4 Å². The zero-order valence-electron chi connectivity index (χ0n) is 6.72. The highest BCUT2D eigenvalue weighted by Gasteiger charge is 2.48. The van der Waals surface area contributed by atoms with Gasteiger partial charge in [-0.1, -0.05) is 0 Å². The number of methoxy groups -OCH3 is 1. The van der Waals surface area contributed by atoms with E-state index in [1.54, 1.807) is 7.11 Å². The number of hydrogen-bond donors (Lipinski definition) is 1. The fraction of sp³-hybridized carbons (Fsp3) is 0.875. The maximum Gasteiger partial charge on any atom is 0.220 e. The van der Waals surface area contributed by atoms with E-state index < -0.39 is 0 Å². The van der Waals surface area contributed by atoms with Gasteiger partial charge in [-0.25, -0.2) is 0 Å². The molecule has 0 aromatic rings. The number of nitrogens with one attached hydrogen (secondary N) is 1. The van der Waals surface area contributed by atoms with E-state index >= 15 is 0 Å². The minimum atomic E-state index is 0.208. The Morgan fingerprint density at radius 3 is 2.82 bits per heavy atom. The van der Waals surface area contributed by atoms with Crippen LogP contribution in [0.1, 0.15) is 19.3 Å². The van der Waals surface area contributed by atoms with Crippen molar-refractivity contribution >= 4 is 5.91 Å². The molecule has 0 aromatic carbocycles. The summed E-state index contributed by atoms with van der Waals surface area (Å²) in [6.07, 6.45) is 3.24. The van der Waals surface area contributed by atoms with Gasteiger partial charge in [-0.3, -0.25) is 4.79 Å². The molecule has 1 saturated heterocycles. The monoisotopic (exact) mass is 155 g/mol. The number of ether oxygens (including phenoxy) is 1. The molecule has 0 unspecified atom stereocenters. The SMILES string of the molecule is COC1CC2(CNC(=O)C2)C1. The van der Waals surface area contributed by atoms with Crippen LogP contribution in [0.5, 0.6) is 0 Å². The van der Waals surface area contributed by atoms with Crippen molar-refractivity contribution in [3.63, 3.8) is 0 Å². The van der Waals surface area contributed by atoms with Crippen LogP contribution in [0.4, 0.5) is 0 Å². The second-order valence-corrected chi connectivity index (χ2v) is 3.72. The lowest BCUT2D eigenvalue weighted by molar-refractivity contribution is -0.121. The molecule has 2 fully saturated rings. The summed E-state index contributed by atoms with van der Waals surface area (Å²) in [6.45, 7) is 0.867. The van der Waals surface area contributed by atoms with E-state index in [2.05, 4.69) is 5.32 Å². The number of hydrogen-bond acceptors (Lipinski definition) is 2. The van der Waals surface area contributed by atoms with Gasteiger partial charge in [-0.15, -0.1) is 0 Å². The summed E-state index contributed by atoms with van der Waals surface area (Å²) in [4.78, 5) is 10.9. The molecular formula is C8H13NO2. The molecule has 1 N–H and O–H groups in total. The van der Waals surface area contributed by atoms with Gasteiger partial charge in [0.05, 0.1) is 6.10 Å². The predicted molar refractivity (Wildman–Crippen MR) is 40.1 cm³/mol. The number of amides is 1. The molecule has 0 bridgehead atoms. The maximum absolute atomic E-state index is 10.9. The van der Waals surface area contributed by atoms with Crippen molar-refractivity contribution in [1.82, 2.24) is 5.32 Å². The van der Waals surface area contributed by atoms with Crippen LogP contribution in [0.3, 0.4) is 0 Å². The lowest BCUT2D eigenvalue weighted by atomic mass is 9.66. The minimum absolute atomic E-state index is 0.208. The summed E-state index contributed by atoms with van der Waals surface area (Å²) in [5, 5.41) is 2.86. The van der Waals surface area contributed by atoms with Crippen molar-refractivity contribution in [1.29, 1.82) is 0 Å². The average molecular weight is 155 g/mol. The van der Waals surface area contributed by atoms with Crippen LogP contribution in [-0.4, -0.2) is 25.7 Å². The van der Waals surface area contributed by atoms with Crippen molar-refractivity contribution in [2.24, 2.45) is 5.41 Å². The van der Waals surface area contributed by atoms with Gasteiger partial charge in [-0.2, -0.15) is 0 Å². The van der Waals surface area contributed by atoms with E-state index in [1.165, 1.54) is 0 Å². The van der Waals surface area contributed by atoms with E-state index in [9.17, 15) is 4.79 Å². The highest BCUT2D eigenvalue weighted by molar-refractivity contribution is 5.79. The minimum Gasteiger partial charge on any atom is -0.381 e. The molecule has 1 amide bonds. The normalized spacial score (nSPS) is 42.3. The average Bonchev–Trinajstić information content (AvgIpc) is 2.28. The van der Waals surface area contributed by atoms with Crippen LogP contribution in [0.25, 0.3) is 0 Å². The van der Waals surface area contributed by atoms with Gasteiger partial charge in [0.15, 0.2) is 0 Å². The standard InChI is InChI=1S/C8H13NO2/c1-11-6-2-8(3-6)4-7(10)9-5-8/h6H,2-5H2,1H3,(H,9,10). The summed E-state index contributed by atoms with van der Waals surface area (Å²) >= 11 is 0. The molecule has 1 saturated carbocycles. The molecule has 0 aromatic heterocycles. The second-order valence-electron chi connectivity index (χ2n) is 3.72. The van der Waals surface area contributed by atoms with Gasteiger partial charge in [0, 0.05) is 25.5 Å². The largest absolute Gasteiger partial charge is 0.381 e. The highest BCUT2D eigenvalue weighted by Crippen LogP contribution is 2.47. The van der Waals surface area contributed by atoms with Crippen LogP contribution in [-0.2, 0) is 9.53 Å². The van der Waals surface area contributed by atoms with Gasteiger partial charge in [0.2, 0.25) is 5.91 Å². The first kappa shape index (κ1) is 7.10. The second kappa shape index (κ2) is 2.21. The Hall–Kier alpha value is -0.570. The van der Waals surface area contributed by atoms with Crippen molar-refractivity contribution in [2.75, 3.05) is 13.7 Å². The molecule has 11 heavy (non-hydrogen) atoms.